The maximum atomic E-state index is 4.09. The van der Waals surface area contributed by atoms with E-state index in [4.69, 9.17) is 0 Å². The zero-order valence-corrected chi connectivity index (χ0v) is 7.25. The standard InChI is InChI=1S/C10H15N/c1-3-5-9(2)10-6-4-7-11-8-10/h4,6-9H,3,5H2,1-2H3/t9-/m0/s1. The van der Waals surface area contributed by atoms with Crippen LogP contribution in [-0.2, 0) is 0 Å². The van der Waals surface area contributed by atoms with Crippen LogP contribution in [0.15, 0.2) is 24.5 Å². The van der Waals surface area contributed by atoms with Gasteiger partial charge < -0.3 is 0 Å². The van der Waals surface area contributed by atoms with Gasteiger partial charge in [-0.2, -0.15) is 0 Å². The van der Waals surface area contributed by atoms with Crippen molar-refractivity contribution in [2.45, 2.75) is 32.6 Å². The van der Waals surface area contributed by atoms with Crippen molar-refractivity contribution in [3.63, 3.8) is 0 Å². The number of aromatic nitrogens is 1. The monoisotopic (exact) mass is 149 g/mol. The molecule has 0 aromatic carbocycles. The third kappa shape index (κ3) is 2.34. The van der Waals surface area contributed by atoms with E-state index in [1.54, 1.807) is 0 Å². The molecule has 0 unspecified atom stereocenters. The number of hydrogen-bond donors (Lipinski definition) is 0. The van der Waals surface area contributed by atoms with Crippen LogP contribution in [0.25, 0.3) is 0 Å². The van der Waals surface area contributed by atoms with E-state index in [1.807, 2.05) is 18.5 Å². The minimum absolute atomic E-state index is 0.661. The highest BCUT2D eigenvalue weighted by Crippen LogP contribution is 2.18. The number of rotatable bonds is 3. The Kier molecular flexibility index (Phi) is 3.09. The second kappa shape index (κ2) is 4.12. The van der Waals surface area contributed by atoms with Gasteiger partial charge in [0.15, 0.2) is 0 Å². The SMILES string of the molecule is CCC[C@H](C)c1cccnc1. The summed E-state index contributed by atoms with van der Waals surface area (Å²) in [5.41, 5.74) is 1.36. The fourth-order valence-corrected chi connectivity index (χ4v) is 1.27. The largest absolute Gasteiger partial charge is 0.264 e. The molecule has 0 saturated carbocycles. The van der Waals surface area contributed by atoms with E-state index in [2.05, 4.69) is 24.9 Å². The second-order valence-corrected chi connectivity index (χ2v) is 2.98. The molecular formula is C10H15N. The topological polar surface area (TPSA) is 12.9 Å². The van der Waals surface area contributed by atoms with E-state index in [9.17, 15) is 0 Å². The Balaban J connectivity index is 2.61. The van der Waals surface area contributed by atoms with Crippen molar-refractivity contribution in [2.24, 2.45) is 0 Å². The molecule has 0 spiro atoms. The van der Waals surface area contributed by atoms with Gasteiger partial charge in [-0.3, -0.25) is 4.98 Å². The molecule has 1 aromatic rings. The number of pyridine rings is 1. The molecule has 0 amide bonds. The molecule has 0 fully saturated rings. The summed E-state index contributed by atoms with van der Waals surface area (Å²) in [7, 11) is 0. The average Bonchev–Trinajstić information content (AvgIpc) is 2.07. The van der Waals surface area contributed by atoms with Crippen LogP contribution >= 0.6 is 0 Å². The zero-order chi connectivity index (χ0) is 8.10. The third-order valence-electron chi connectivity index (χ3n) is 1.98. The maximum absolute atomic E-state index is 4.09. The Hall–Kier alpha value is -0.850. The van der Waals surface area contributed by atoms with Gasteiger partial charge in [-0.1, -0.05) is 26.3 Å². The van der Waals surface area contributed by atoms with Crippen molar-refractivity contribution in [2.75, 3.05) is 0 Å². The predicted octanol–water partition coefficient (Wildman–Crippen LogP) is 2.99. The first-order valence-corrected chi connectivity index (χ1v) is 4.24. The molecule has 0 aliphatic carbocycles. The Morgan fingerprint density at radius 2 is 2.36 bits per heavy atom. The van der Waals surface area contributed by atoms with E-state index in [-0.39, 0.29) is 0 Å². The van der Waals surface area contributed by atoms with Gasteiger partial charge in [0.25, 0.3) is 0 Å². The summed E-state index contributed by atoms with van der Waals surface area (Å²) in [4.78, 5) is 4.09. The van der Waals surface area contributed by atoms with Gasteiger partial charge in [0.1, 0.15) is 0 Å². The molecule has 1 nitrogen and oxygen atoms in total. The molecule has 0 N–H and O–H groups in total. The van der Waals surface area contributed by atoms with Crippen LogP contribution in [0.1, 0.15) is 38.2 Å². The Morgan fingerprint density at radius 3 is 2.91 bits per heavy atom. The third-order valence-corrected chi connectivity index (χ3v) is 1.98. The molecule has 1 heterocycles. The first kappa shape index (κ1) is 8.25. The van der Waals surface area contributed by atoms with Crippen LogP contribution < -0.4 is 0 Å². The van der Waals surface area contributed by atoms with Crippen molar-refractivity contribution < 1.29 is 0 Å². The Bertz CT molecular complexity index is 193. The first-order valence-electron chi connectivity index (χ1n) is 4.24. The van der Waals surface area contributed by atoms with E-state index in [1.165, 1.54) is 18.4 Å². The second-order valence-electron chi connectivity index (χ2n) is 2.98. The highest BCUT2D eigenvalue weighted by molar-refractivity contribution is 5.13. The fraction of sp³-hybridized carbons (Fsp3) is 0.500. The highest BCUT2D eigenvalue weighted by atomic mass is 14.6. The molecule has 60 valence electrons. The van der Waals surface area contributed by atoms with Crippen LogP contribution in [0, 0.1) is 0 Å². The van der Waals surface area contributed by atoms with Crippen molar-refractivity contribution in [1.29, 1.82) is 0 Å². The van der Waals surface area contributed by atoms with E-state index in [0.717, 1.165) is 0 Å². The molecule has 11 heavy (non-hydrogen) atoms. The first-order chi connectivity index (χ1) is 5.34. The lowest BCUT2D eigenvalue weighted by Crippen LogP contribution is -1.92. The van der Waals surface area contributed by atoms with Crippen molar-refractivity contribution in [3.05, 3.63) is 30.1 Å². The average molecular weight is 149 g/mol. The Labute approximate surface area is 68.5 Å². The van der Waals surface area contributed by atoms with Gasteiger partial charge in [0.05, 0.1) is 0 Å². The van der Waals surface area contributed by atoms with Crippen LogP contribution in [0.3, 0.4) is 0 Å². The number of hydrogen-bond acceptors (Lipinski definition) is 1. The van der Waals surface area contributed by atoms with E-state index < -0.39 is 0 Å². The van der Waals surface area contributed by atoms with Crippen LogP contribution in [-0.4, -0.2) is 4.98 Å². The van der Waals surface area contributed by atoms with Crippen LogP contribution in [0.4, 0.5) is 0 Å². The molecule has 0 aliphatic heterocycles. The maximum Gasteiger partial charge on any atom is 0.0302 e. The summed E-state index contributed by atoms with van der Waals surface area (Å²) >= 11 is 0. The molecule has 0 bridgehead atoms. The summed E-state index contributed by atoms with van der Waals surface area (Å²) in [6.45, 7) is 4.47. The van der Waals surface area contributed by atoms with E-state index >= 15 is 0 Å². The zero-order valence-electron chi connectivity index (χ0n) is 7.25. The quantitative estimate of drug-likeness (QED) is 0.643. The minimum atomic E-state index is 0.661. The smallest absolute Gasteiger partial charge is 0.0302 e. The normalized spacial score (nSPS) is 12.9. The minimum Gasteiger partial charge on any atom is -0.264 e. The summed E-state index contributed by atoms with van der Waals surface area (Å²) < 4.78 is 0. The molecular weight excluding hydrogens is 134 g/mol. The molecule has 1 aromatic heterocycles. The fourth-order valence-electron chi connectivity index (χ4n) is 1.27. The van der Waals surface area contributed by atoms with Gasteiger partial charge in [-0.15, -0.1) is 0 Å². The Morgan fingerprint density at radius 1 is 1.55 bits per heavy atom. The number of nitrogens with zero attached hydrogens (tertiary/aromatic N) is 1. The summed E-state index contributed by atoms with van der Waals surface area (Å²) in [5.74, 6) is 0.661. The van der Waals surface area contributed by atoms with Gasteiger partial charge in [0, 0.05) is 12.4 Å². The van der Waals surface area contributed by atoms with Gasteiger partial charge >= 0.3 is 0 Å². The summed E-state index contributed by atoms with van der Waals surface area (Å²) in [5, 5.41) is 0. The molecule has 1 atom stereocenters. The summed E-state index contributed by atoms with van der Waals surface area (Å²) in [6.07, 6.45) is 6.28. The lowest BCUT2D eigenvalue weighted by molar-refractivity contribution is 0.662. The lowest BCUT2D eigenvalue weighted by atomic mass is 9.99. The van der Waals surface area contributed by atoms with Crippen LogP contribution in [0.5, 0.6) is 0 Å². The molecule has 0 saturated heterocycles. The molecule has 0 radical (unpaired) electrons. The molecule has 1 rings (SSSR count). The van der Waals surface area contributed by atoms with Crippen LogP contribution in [0.2, 0.25) is 0 Å². The van der Waals surface area contributed by atoms with Crippen molar-refractivity contribution >= 4 is 0 Å². The van der Waals surface area contributed by atoms with E-state index in [0.29, 0.717) is 5.92 Å². The highest BCUT2D eigenvalue weighted by Gasteiger charge is 2.01. The van der Waals surface area contributed by atoms with Gasteiger partial charge in [-0.05, 0) is 24.0 Å². The van der Waals surface area contributed by atoms with Gasteiger partial charge in [0.2, 0.25) is 0 Å². The molecule has 0 aliphatic rings. The van der Waals surface area contributed by atoms with Crippen molar-refractivity contribution in [3.8, 4) is 0 Å². The summed E-state index contributed by atoms with van der Waals surface area (Å²) in [6, 6.07) is 4.15. The predicted molar refractivity (Wildman–Crippen MR) is 47.6 cm³/mol. The van der Waals surface area contributed by atoms with Gasteiger partial charge in [-0.25, -0.2) is 0 Å². The van der Waals surface area contributed by atoms with Crippen molar-refractivity contribution in [1.82, 2.24) is 4.98 Å². The lowest BCUT2D eigenvalue weighted by Gasteiger charge is -2.08. The molecule has 1 heteroatoms.